The Kier molecular flexibility index (Phi) is 7.56. The van der Waals surface area contributed by atoms with Gasteiger partial charge in [-0.05, 0) is 24.6 Å². The molecule has 106 valence electrons. The van der Waals surface area contributed by atoms with Gasteiger partial charge in [-0.1, -0.05) is 39.0 Å². The summed E-state index contributed by atoms with van der Waals surface area (Å²) in [5.74, 6) is -0.861. The van der Waals surface area contributed by atoms with Gasteiger partial charge < -0.3 is 5.32 Å². The average Bonchev–Trinajstić information content (AvgIpc) is 2.40. The van der Waals surface area contributed by atoms with Gasteiger partial charge in [-0.25, -0.2) is 4.39 Å². The third-order valence-electron chi connectivity index (χ3n) is 3.01. The highest BCUT2D eigenvalue weighted by molar-refractivity contribution is 7.80. The highest BCUT2D eigenvalue weighted by Crippen LogP contribution is 2.13. The molecule has 19 heavy (non-hydrogen) atoms. The second-order valence-electron chi connectivity index (χ2n) is 4.69. The SMILES string of the molecule is CCCCCCCCNC(=O)c1cc(S)ccc1F. The lowest BCUT2D eigenvalue weighted by atomic mass is 10.1. The van der Waals surface area contributed by atoms with Crippen molar-refractivity contribution in [2.45, 2.75) is 50.3 Å². The summed E-state index contributed by atoms with van der Waals surface area (Å²) in [6.07, 6.45) is 7.00. The predicted molar refractivity (Wildman–Crippen MR) is 79.4 cm³/mol. The van der Waals surface area contributed by atoms with Gasteiger partial charge in [-0.15, -0.1) is 12.6 Å². The van der Waals surface area contributed by atoms with Crippen LogP contribution in [0.1, 0.15) is 55.8 Å². The molecule has 1 rings (SSSR count). The Bertz CT molecular complexity index is 409. The number of carbonyl (C=O) groups is 1. The van der Waals surface area contributed by atoms with Crippen LogP contribution in [0.25, 0.3) is 0 Å². The molecule has 0 aliphatic rings. The minimum atomic E-state index is -0.502. The highest BCUT2D eigenvalue weighted by atomic mass is 32.1. The Morgan fingerprint density at radius 1 is 1.21 bits per heavy atom. The van der Waals surface area contributed by atoms with Crippen LogP contribution in [0.5, 0.6) is 0 Å². The van der Waals surface area contributed by atoms with Crippen LogP contribution in [0.4, 0.5) is 4.39 Å². The molecule has 0 saturated heterocycles. The van der Waals surface area contributed by atoms with Crippen LogP contribution in [0.15, 0.2) is 23.1 Å². The first-order chi connectivity index (χ1) is 9.15. The van der Waals surface area contributed by atoms with Crippen LogP contribution < -0.4 is 5.32 Å². The lowest BCUT2D eigenvalue weighted by molar-refractivity contribution is 0.0948. The molecule has 4 heteroatoms. The van der Waals surface area contributed by atoms with E-state index in [1.54, 1.807) is 0 Å². The van der Waals surface area contributed by atoms with Gasteiger partial charge in [0.05, 0.1) is 5.56 Å². The quantitative estimate of drug-likeness (QED) is 0.543. The molecule has 0 spiro atoms. The monoisotopic (exact) mass is 283 g/mol. The number of halogens is 1. The van der Waals surface area contributed by atoms with E-state index in [4.69, 9.17) is 0 Å². The number of hydrogen-bond acceptors (Lipinski definition) is 2. The second kappa shape index (κ2) is 8.97. The molecule has 1 aromatic rings. The maximum atomic E-state index is 13.4. The molecule has 1 aromatic carbocycles. The van der Waals surface area contributed by atoms with E-state index < -0.39 is 5.82 Å². The van der Waals surface area contributed by atoms with Crippen LogP contribution in [0.2, 0.25) is 0 Å². The van der Waals surface area contributed by atoms with Crippen LogP contribution in [0.3, 0.4) is 0 Å². The molecule has 0 fully saturated rings. The van der Waals surface area contributed by atoms with Crippen molar-refractivity contribution in [3.05, 3.63) is 29.6 Å². The Hall–Kier alpha value is -1.03. The number of benzene rings is 1. The van der Waals surface area contributed by atoms with E-state index in [0.29, 0.717) is 11.4 Å². The van der Waals surface area contributed by atoms with E-state index in [2.05, 4.69) is 24.9 Å². The third-order valence-corrected chi connectivity index (χ3v) is 3.29. The Balaban J connectivity index is 2.26. The fourth-order valence-corrected chi connectivity index (χ4v) is 2.09. The molecule has 2 nitrogen and oxygen atoms in total. The molecular weight excluding hydrogens is 261 g/mol. The van der Waals surface area contributed by atoms with Gasteiger partial charge >= 0.3 is 0 Å². The molecule has 0 atom stereocenters. The molecule has 0 aliphatic carbocycles. The summed E-state index contributed by atoms with van der Waals surface area (Å²) < 4.78 is 13.4. The van der Waals surface area contributed by atoms with Gasteiger partial charge in [0.1, 0.15) is 5.82 Å². The second-order valence-corrected chi connectivity index (χ2v) is 5.20. The third kappa shape index (κ3) is 6.10. The van der Waals surface area contributed by atoms with Crippen molar-refractivity contribution in [3.8, 4) is 0 Å². The zero-order valence-corrected chi connectivity index (χ0v) is 12.3. The fourth-order valence-electron chi connectivity index (χ4n) is 1.89. The zero-order valence-electron chi connectivity index (χ0n) is 11.4. The van der Waals surface area contributed by atoms with Crippen molar-refractivity contribution in [2.24, 2.45) is 0 Å². The molecule has 1 N–H and O–H groups in total. The van der Waals surface area contributed by atoms with Crippen LogP contribution >= 0.6 is 12.6 Å². The van der Waals surface area contributed by atoms with E-state index >= 15 is 0 Å². The number of hydrogen-bond donors (Lipinski definition) is 2. The van der Waals surface area contributed by atoms with Crippen molar-refractivity contribution in [3.63, 3.8) is 0 Å². The van der Waals surface area contributed by atoms with E-state index in [0.717, 1.165) is 12.8 Å². The van der Waals surface area contributed by atoms with Crippen molar-refractivity contribution >= 4 is 18.5 Å². The molecule has 0 saturated carbocycles. The number of amides is 1. The first-order valence-electron chi connectivity index (χ1n) is 6.92. The predicted octanol–water partition coefficient (Wildman–Crippen LogP) is 4.20. The standard InChI is InChI=1S/C15H22FNOS/c1-2-3-4-5-6-7-10-17-15(18)13-11-12(19)8-9-14(13)16/h8-9,11,19H,2-7,10H2,1H3,(H,17,18). The van der Waals surface area contributed by atoms with Crippen molar-refractivity contribution < 1.29 is 9.18 Å². The van der Waals surface area contributed by atoms with Crippen molar-refractivity contribution in [2.75, 3.05) is 6.54 Å². The largest absolute Gasteiger partial charge is 0.352 e. The van der Waals surface area contributed by atoms with E-state index in [1.807, 2.05) is 0 Å². The van der Waals surface area contributed by atoms with E-state index in [-0.39, 0.29) is 11.5 Å². The smallest absolute Gasteiger partial charge is 0.254 e. The number of thiol groups is 1. The molecule has 0 aliphatic heterocycles. The van der Waals surface area contributed by atoms with Gasteiger partial charge in [-0.3, -0.25) is 4.79 Å². The Morgan fingerprint density at radius 3 is 2.63 bits per heavy atom. The molecule has 0 unspecified atom stereocenters. The summed E-state index contributed by atoms with van der Waals surface area (Å²) >= 11 is 4.11. The maximum absolute atomic E-state index is 13.4. The topological polar surface area (TPSA) is 29.1 Å². The molecular formula is C15H22FNOS. The number of carbonyl (C=O) groups excluding carboxylic acids is 1. The molecule has 0 radical (unpaired) electrons. The summed E-state index contributed by atoms with van der Waals surface area (Å²) in [4.78, 5) is 12.4. The molecule has 0 bridgehead atoms. The number of rotatable bonds is 8. The minimum absolute atomic E-state index is 0.0680. The van der Waals surface area contributed by atoms with Crippen LogP contribution in [-0.4, -0.2) is 12.5 Å². The van der Waals surface area contributed by atoms with E-state index in [9.17, 15) is 9.18 Å². The fraction of sp³-hybridized carbons (Fsp3) is 0.533. The number of nitrogens with one attached hydrogen (secondary N) is 1. The first-order valence-corrected chi connectivity index (χ1v) is 7.36. The average molecular weight is 283 g/mol. The Morgan fingerprint density at radius 2 is 1.89 bits per heavy atom. The summed E-state index contributed by atoms with van der Waals surface area (Å²) in [6.45, 7) is 2.78. The molecule has 0 heterocycles. The zero-order chi connectivity index (χ0) is 14.1. The van der Waals surface area contributed by atoms with E-state index in [1.165, 1.54) is 43.9 Å². The van der Waals surface area contributed by atoms with Gasteiger partial charge in [0.2, 0.25) is 0 Å². The summed E-state index contributed by atoms with van der Waals surface area (Å²) in [5.41, 5.74) is 0.0680. The van der Waals surface area contributed by atoms with Gasteiger partial charge in [-0.2, -0.15) is 0 Å². The van der Waals surface area contributed by atoms with Crippen LogP contribution in [0, 0.1) is 5.82 Å². The van der Waals surface area contributed by atoms with Gasteiger partial charge in [0.15, 0.2) is 0 Å². The van der Waals surface area contributed by atoms with Gasteiger partial charge in [0.25, 0.3) is 5.91 Å². The van der Waals surface area contributed by atoms with Crippen molar-refractivity contribution in [1.82, 2.24) is 5.32 Å². The summed E-state index contributed by atoms with van der Waals surface area (Å²) in [6, 6.07) is 4.25. The van der Waals surface area contributed by atoms with Gasteiger partial charge in [0, 0.05) is 11.4 Å². The maximum Gasteiger partial charge on any atom is 0.254 e. The summed E-state index contributed by atoms with van der Waals surface area (Å²) in [5, 5.41) is 2.75. The Labute approximate surface area is 120 Å². The normalized spacial score (nSPS) is 10.5. The first kappa shape index (κ1) is 16.0. The highest BCUT2D eigenvalue weighted by Gasteiger charge is 2.10. The van der Waals surface area contributed by atoms with Crippen LogP contribution in [-0.2, 0) is 0 Å². The summed E-state index contributed by atoms with van der Waals surface area (Å²) in [7, 11) is 0. The van der Waals surface area contributed by atoms with Crippen molar-refractivity contribution in [1.29, 1.82) is 0 Å². The number of unbranched alkanes of at least 4 members (excludes halogenated alkanes) is 5. The lowest BCUT2D eigenvalue weighted by Crippen LogP contribution is -2.25. The minimum Gasteiger partial charge on any atom is -0.352 e. The lowest BCUT2D eigenvalue weighted by Gasteiger charge is -2.06. The molecule has 1 amide bonds. The molecule has 0 aromatic heterocycles.